The van der Waals surface area contributed by atoms with E-state index < -0.39 is 5.60 Å². The first-order valence-corrected chi connectivity index (χ1v) is 8.14. The fourth-order valence-corrected chi connectivity index (χ4v) is 3.38. The van der Waals surface area contributed by atoms with Crippen LogP contribution in [0.5, 0.6) is 0 Å². The summed E-state index contributed by atoms with van der Waals surface area (Å²) in [4.78, 5) is 31.4. The van der Waals surface area contributed by atoms with Crippen molar-refractivity contribution in [3.63, 3.8) is 0 Å². The van der Waals surface area contributed by atoms with Crippen molar-refractivity contribution in [3.05, 3.63) is 11.1 Å². The zero-order valence-electron chi connectivity index (χ0n) is 13.0. The van der Waals surface area contributed by atoms with Gasteiger partial charge in [0.2, 0.25) is 11.2 Å². The SMILES string of the molecule is CN1C[C@@]2(CCCN(C(=O)CCc3nc(Cl)n[nH]3)CC2)OC1=O. The third kappa shape index (κ3) is 3.57. The van der Waals surface area contributed by atoms with E-state index >= 15 is 0 Å². The van der Waals surface area contributed by atoms with Crippen LogP contribution in [0.2, 0.25) is 5.28 Å². The van der Waals surface area contributed by atoms with Gasteiger partial charge in [-0.15, -0.1) is 5.10 Å². The topological polar surface area (TPSA) is 91.4 Å². The Balaban J connectivity index is 1.53. The molecular formula is C14H20ClN5O3. The molecule has 1 spiro atoms. The maximum Gasteiger partial charge on any atom is 0.410 e. The summed E-state index contributed by atoms with van der Waals surface area (Å²) >= 11 is 5.64. The molecule has 1 N–H and O–H groups in total. The number of aromatic amines is 1. The number of H-pyrrole nitrogens is 1. The summed E-state index contributed by atoms with van der Waals surface area (Å²) in [5.41, 5.74) is -0.431. The molecule has 1 aromatic heterocycles. The van der Waals surface area contributed by atoms with Gasteiger partial charge in [-0.25, -0.2) is 9.78 Å². The predicted molar refractivity (Wildman–Crippen MR) is 82.0 cm³/mol. The number of halogens is 1. The van der Waals surface area contributed by atoms with Crippen LogP contribution in [0.25, 0.3) is 0 Å². The number of amides is 2. The van der Waals surface area contributed by atoms with Crippen molar-refractivity contribution in [2.24, 2.45) is 0 Å². The van der Waals surface area contributed by atoms with E-state index in [4.69, 9.17) is 16.3 Å². The highest BCUT2D eigenvalue weighted by Gasteiger charge is 2.44. The normalized spacial score (nSPS) is 24.9. The maximum atomic E-state index is 12.4. The molecule has 0 saturated carbocycles. The Bertz CT molecular complexity index is 607. The minimum Gasteiger partial charge on any atom is -0.441 e. The van der Waals surface area contributed by atoms with Gasteiger partial charge < -0.3 is 14.5 Å². The molecule has 1 atom stereocenters. The van der Waals surface area contributed by atoms with Crippen LogP contribution in [-0.4, -0.2) is 69.3 Å². The fraction of sp³-hybridized carbons (Fsp3) is 0.714. The first-order chi connectivity index (χ1) is 11.0. The highest BCUT2D eigenvalue weighted by molar-refractivity contribution is 6.28. The molecule has 2 fully saturated rings. The van der Waals surface area contributed by atoms with Crippen LogP contribution in [0.3, 0.4) is 0 Å². The van der Waals surface area contributed by atoms with E-state index in [0.29, 0.717) is 44.7 Å². The Morgan fingerprint density at radius 1 is 1.43 bits per heavy atom. The number of nitrogens with one attached hydrogen (secondary N) is 1. The molecule has 2 amide bonds. The molecular weight excluding hydrogens is 322 g/mol. The minimum absolute atomic E-state index is 0.0762. The van der Waals surface area contributed by atoms with Gasteiger partial charge in [-0.05, 0) is 24.4 Å². The molecule has 1 aromatic rings. The zero-order chi connectivity index (χ0) is 16.4. The smallest absolute Gasteiger partial charge is 0.410 e. The second kappa shape index (κ2) is 6.35. The van der Waals surface area contributed by atoms with Crippen LogP contribution in [0, 0.1) is 0 Å². The first-order valence-electron chi connectivity index (χ1n) is 7.76. The van der Waals surface area contributed by atoms with Crippen molar-refractivity contribution in [2.75, 3.05) is 26.7 Å². The number of likely N-dealkylation sites (tertiary alicyclic amines) is 1. The Morgan fingerprint density at radius 2 is 2.26 bits per heavy atom. The van der Waals surface area contributed by atoms with Crippen LogP contribution >= 0.6 is 11.6 Å². The van der Waals surface area contributed by atoms with E-state index in [9.17, 15) is 9.59 Å². The molecule has 0 radical (unpaired) electrons. The number of hydrogen-bond donors (Lipinski definition) is 1. The Morgan fingerprint density at radius 3 is 2.91 bits per heavy atom. The Hall–Kier alpha value is -1.83. The van der Waals surface area contributed by atoms with Crippen molar-refractivity contribution in [1.82, 2.24) is 25.0 Å². The highest BCUT2D eigenvalue weighted by atomic mass is 35.5. The van der Waals surface area contributed by atoms with Gasteiger partial charge in [-0.3, -0.25) is 9.89 Å². The molecule has 0 unspecified atom stereocenters. The molecule has 0 aliphatic carbocycles. The van der Waals surface area contributed by atoms with Gasteiger partial charge in [0.05, 0.1) is 6.54 Å². The van der Waals surface area contributed by atoms with Gasteiger partial charge in [0.15, 0.2) is 0 Å². The van der Waals surface area contributed by atoms with Crippen molar-refractivity contribution in [2.45, 2.75) is 37.7 Å². The number of hydrogen-bond acceptors (Lipinski definition) is 5. The summed E-state index contributed by atoms with van der Waals surface area (Å²) in [5, 5.41) is 6.60. The van der Waals surface area contributed by atoms with E-state index in [1.807, 2.05) is 4.90 Å². The van der Waals surface area contributed by atoms with Crippen molar-refractivity contribution >= 4 is 23.6 Å². The lowest BCUT2D eigenvalue weighted by Crippen LogP contribution is -2.36. The molecule has 3 heterocycles. The van der Waals surface area contributed by atoms with Crippen molar-refractivity contribution in [3.8, 4) is 0 Å². The summed E-state index contributed by atoms with van der Waals surface area (Å²) in [6, 6.07) is 0. The lowest BCUT2D eigenvalue weighted by Gasteiger charge is -2.25. The van der Waals surface area contributed by atoms with Crippen LogP contribution < -0.4 is 0 Å². The third-order valence-electron chi connectivity index (χ3n) is 4.47. The van der Waals surface area contributed by atoms with Gasteiger partial charge in [-0.2, -0.15) is 0 Å². The second-order valence-corrected chi connectivity index (χ2v) is 6.53. The number of rotatable bonds is 3. The molecule has 2 saturated heterocycles. The van der Waals surface area contributed by atoms with Gasteiger partial charge in [0.1, 0.15) is 11.4 Å². The second-order valence-electron chi connectivity index (χ2n) is 6.19. The standard InChI is InChI=1S/C14H20ClN5O3/c1-19-9-14(23-13(19)22)5-2-7-20(8-6-14)11(21)4-3-10-16-12(15)18-17-10/h2-9H2,1H3,(H,16,17,18)/t14-/m0/s1. The number of likely N-dealkylation sites (N-methyl/N-ethyl adjacent to an activating group) is 1. The average Bonchev–Trinajstić information content (AvgIpc) is 2.96. The van der Waals surface area contributed by atoms with Crippen LogP contribution in [-0.2, 0) is 16.0 Å². The van der Waals surface area contributed by atoms with Gasteiger partial charge in [0, 0.05) is 39.4 Å². The number of carbonyl (C=O) groups is 2. The maximum absolute atomic E-state index is 12.4. The number of carbonyl (C=O) groups excluding carboxylic acids is 2. The molecule has 8 nitrogen and oxygen atoms in total. The monoisotopic (exact) mass is 341 g/mol. The minimum atomic E-state index is -0.431. The fourth-order valence-electron chi connectivity index (χ4n) is 3.24. The van der Waals surface area contributed by atoms with Crippen LogP contribution in [0.15, 0.2) is 0 Å². The van der Waals surface area contributed by atoms with E-state index in [1.165, 1.54) is 0 Å². The molecule has 3 rings (SSSR count). The van der Waals surface area contributed by atoms with Gasteiger partial charge in [0.25, 0.3) is 0 Å². The third-order valence-corrected chi connectivity index (χ3v) is 4.64. The summed E-state index contributed by atoms with van der Waals surface area (Å²) < 4.78 is 5.55. The largest absolute Gasteiger partial charge is 0.441 e. The average molecular weight is 342 g/mol. The number of nitrogens with zero attached hydrogens (tertiary/aromatic N) is 4. The number of aryl methyl sites for hydroxylation is 1. The molecule has 9 heteroatoms. The Kier molecular flexibility index (Phi) is 4.43. The molecule has 0 bridgehead atoms. The van der Waals surface area contributed by atoms with E-state index in [2.05, 4.69) is 15.2 Å². The van der Waals surface area contributed by atoms with Crippen molar-refractivity contribution in [1.29, 1.82) is 0 Å². The predicted octanol–water partition coefficient (Wildman–Crippen LogP) is 1.22. The van der Waals surface area contributed by atoms with Gasteiger partial charge in [-0.1, -0.05) is 0 Å². The molecule has 2 aliphatic heterocycles. The van der Waals surface area contributed by atoms with E-state index in [-0.39, 0.29) is 17.3 Å². The van der Waals surface area contributed by atoms with Gasteiger partial charge >= 0.3 is 6.09 Å². The lowest BCUT2D eigenvalue weighted by atomic mass is 9.95. The molecule has 0 aromatic carbocycles. The summed E-state index contributed by atoms with van der Waals surface area (Å²) in [7, 11) is 1.74. The number of ether oxygens (including phenoxy) is 1. The van der Waals surface area contributed by atoms with Crippen LogP contribution in [0.4, 0.5) is 4.79 Å². The van der Waals surface area contributed by atoms with Crippen molar-refractivity contribution < 1.29 is 14.3 Å². The first kappa shape index (κ1) is 16.0. The summed E-state index contributed by atoms with van der Waals surface area (Å²) in [5.74, 6) is 0.688. The van der Waals surface area contributed by atoms with E-state index in [1.54, 1.807) is 11.9 Å². The molecule has 126 valence electrons. The van der Waals surface area contributed by atoms with Crippen LogP contribution in [0.1, 0.15) is 31.5 Å². The summed E-state index contributed by atoms with van der Waals surface area (Å²) in [6.07, 6.45) is 2.89. The zero-order valence-corrected chi connectivity index (χ0v) is 13.8. The Labute approximate surface area is 139 Å². The summed E-state index contributed by atoms with van der Waals surface area (Å²) in [6.45, 7) is 1.90. The lowest BCUT2D eigenvalue weighted by molar-refractivity contribution is -0.131. The molecule has 2 aliphatic rings. The van der Waals surface area contributed by atoms with E-state index in [0.717, 1.165) is 12.8 Å². The quantitative estimate of drug-likeness (QED) is 0.892. The molecule has 23 heavy (non-hydrogen) atoms. The highest BCUT2D eigenvalue weighted by Crippen LogP contribution is 2.32. The number of aromatic nitrogens is 3.